The summed E-state index contributed by atoms with van der Waals surface area (Å²) in [6.45, 7) is 0.896. The fourth-order valence-electron chi connectivity index (χ4n) is 3.22. The molecule has 0 heterocycles. The molecule has 0 aromatic heterocycles. The van der Waals surface area contributed by atoms with Crippen LogP contribution in [0.5, 0.6) is 11.5 Å². The molecule has 0 aliphatic heterocycles. The number of fused-ring (bicyclic) bond motifs is 1. The maximum atomic E-state index is 11.1. The Balaban J connectivity index is 1.84. The molecule has 0 N–H and O–H groups in total. The van der Waals surface area contributed by atoms with Gasteiger partial charge in [-0.1, -0.05) is 84.9 Å². The second kappa shape index (κ2) is 7.75. The second-order valence-electron chi connectivity index (χ2n) is 6.15. The Morgan fingerprint density at radius 1 is 0.704 bits per heavy atom. The third-order valence-electron chi connectivity index (χ3n) is 4.45. The third-order valence-corrected chi connectivity index (χ3v) is 4.45. The summed E-state index contributed by atoms with van der Waals surface area (Å²) in [6.07, 6.45) is 0. The van der Waals surface area contributed by atoms with Gasteiger partial charge in [-0.25, -0.2) is 0 Å². The summed E-state index contributed by atoms with van der Waals surface area (Å²) in [4.78, 5) is 11.1. The molecule has 0 spiro atoms. The van der Waals surface area contributed by atoms with Crippen molar-refractivity contribution < 1.29 is 14.3 Å². The quantitative estimate of drug-likeness (QED) is 0.422. The lowest BCUT2D eigenvalue weighted by Crippen LogP contribution is -1.99. The predicted octanol–water partition coefficient (Wildman–Crippen LogP) is 5.62. The molecule has 4 aromatic rings. The number of ether oxygens (including phenoxy) is 2. The van der Waals surface area contributed by atoms with Gasteiger partial charge in [0.15, 0.2) is 0 Å². The van der Waals surface area contributed by atoms with Crippen LogP contribution in [0, 0.1) is 0 Å². The van der Waals surface area contributed by atoms with Crippen molar-refractivity contribution in [2.24, 2.45) is 0 Å². The smallest absolute Gasteiger partial charge is 0.298 e. The van der Waals surface area contributed by atoms with E-state index in [1.165, 1.54) is 0 Å². The number of benzene rings is 4. The average Bonchev–Trinajstić information content (AvgIpc) is 2.73. The predicted molar refractivity (Wildman–Crippen MR) is 107 cm³/mol. The Morgan fingerprint density at radius 3 is 2.04 bits per heavy atom. The Labute approximate surface area is 157 Å². The van der Waals surface area contributed by atoms with Gasteiger partial charge in [0.05, 0.1) is 0 Å². The van der Waals surface area contributed by atoms with Crippen LogP contribution in [-0.4, -0.2) is 6.47 Å². The van der Waals surface area contributed by atoms with E-state index in [2.05, 4.69) is 0 Å². The number of carbonyl (C=O) groups is 1. The summed E-state index contributed by atoms with van der Waals surface area (Å²) >= 11 is 0. The Hall–Kier alpha value is -3.59. The average molecular weight is 354 g/mol. The van der Waals surface area contributed by atoms with E-state index in [9.17, 15) is 4.79 Å². The zero-order chi connectivity index (χ0) is 18.5. The molecule has 0 amide bonds. The molecule has 4 aromatic carbocycles. The first-order valence-corrected chi connectivity index (χ1v) is 8.75. The molecule has 27 heavy (non-hydrogen) atoms. The highest BCUT2D eigenvalue weighted by Crippen LogP contribution is 2.42. The molecule has 0 aliphatic carbocycles. The highest BCUT2D eigenvalue weighted by Gasteiger charge is 2.16. The van der Waals surface area contributed by atoms with Crippen LogP contribution in [0.2, 0.25) is 0 Å². The summed E-state index contributed by atoms with van der Waals surface area (Å²) in [5, 5.41) is 1.96. The molecule has 0 radical (unpaired) electrons. The summed E-state index contributed by atoms with van der Waals surface area (Å²) in [5.74, 6) is 1.17. The van der Waals surface area contributed by atoms with Crippen LogP contribution in [0.4, 0.5) is 0 Å². The molecular weight excluding hydrogens is 336 g/mol. The van der Waals surface area contributed by atoms with Crippen molar-refractivity contribution >= 4 is 17.2 Å². The van der Waals surface area contributed by atoms with E-state index >= 15 is 0 Å². The van der Waals surface area contributed by atoms with Crippen molar-refractivity contribution in [1.82, 2.24) is 0 Å². The minimum Gasteiger partial charge on any atom is -0.488 e. The molecule has 4 rings (SSSR count). The van der Waals surface area contributed by atoms with Crippen molar-refractivity contribution in [1.29, 1.82) is 0 Å². The van der Waals surface area contributed by atoms with Crippen molar-refractivity contribution in [2.45, 2.75) is 6.61 Å². The fourth-order valence-corrected chi connectivity index (χ4v) is 3.22. The van der Waals surface area contributed by atoms with Gasteiger partial charge < -0.3 is 9.47 Å². The van der Waals surface area contributed by atoms with Gasteiger partial charge in [0.25, 0.3) is 6.47 Å². The summed E-state index contributed by atoms with van der Waals surface area (Å²) in [7, 11) is 0. The van der Waals surface area contributed by atoms with Crippen LogP contribution in [0.25, 0.3) is 21.9 Å². The minimum absolute atomic E-state index is 0.441. The lowest BCUT2D eigenvalue weighted by molar-refractivity contribution is -0.120. The van der Waals surface area contributed by atoms with Gasteiger partial charge in [-0.3, -0.25) is 4.79 Å². The van der Waals surface area contributed by atoms with Crippen LogP contribution < -0.4 is 9.47 Å². The van der Waals surface area contributed by atoms with Crippen LogP contribution in [0.1, 0.15) is 5.56 Å². The maximum Gasteiger partial charge on any atom is 0.298 e. The molecule has 0 unspecified atom stereocenters. The van der Waals surface area contributed by atoms with Crippen molar-refractivity contribution in [3.8, 4) is 22.6 Å². The maximum absolute atomic E-state index is 11.1. The monoisotopic (exact) mass is 354 g/mol. The number of hydrogen-bond acceptors (Lipinski definition) is 3. The van der Waals surface area contributed by atoms with Gasteiger partial charge in [0, 0.05) is 17.0 Å². The van der Waals surface area contributed by atoms with Crippen LogP contribution in [0.3, 0.4) is 0 Å². The first-order valence-electron chi connectivity index (χ1n) is 8.75. The number of rotatable bonds is 6. The molecule has 0 bridgehead atoms. The van der Waals surface area contributed by atoms with Gasteiger partial charge in [-0.15, -0.1) is 0 Å². The van der Waals surface area contributed by atoms with Crippen LogP contribution >= 0.6 is 0 Å². The molecule has 0 fully saturated rings. The SMILES string of the molecule is O=COc1cc(OCc2ccccc2)c2ccccc2c1-c1ccccc1. The Morgan fingerprint density at radius 2 is 1.33 bits per heavy atom. The normalized spacial score (nSPS) is 10.5. The van der Waals surface area contributed by atoms with E-state index in [0.717, 1.165) is 27.5 Å². The summed E-state index contributed by atoms with van der Waals surface area (Å²) in [6, 6.07) is 29.7. The molecular formula is C24H18O3. The second-order valence-corrected chi connectivity index (χ2v) is 6.15. The molecule has 0 aliphatic rings. The molecule has 0 saturated carbocycles. The van der Waals surface area contributed by atoms with Gasteiger partial charge in [-0.05, 0) is 16.5 Å². The van der Waals surface area contributed by atoms with Crippen LogP contribution in [0.15, 0.2) is 91.0 Å². The highest BCUT2D eigenvalue weighted by molar-refractivity contribution is 6.03. The third kappa shape index (κ3) is 3.53. The standard InChI is InChI=1S/C24H18O3/c25-17-27-23-15-22(26-16-18-9-3-1-4-10-18)20-13-7-8-14-21(20)24(23)19-11-5-2-6-12-19/h1-15,17H,16H2. The molecule has 132 valence electrons. The highest BCUT2D eigenvalue weighted by atomic mass is 16.5. The Kier molecular flexibility index (Phi) is 4.84. The zero-order valence-electron chi connectivity index (χ0n) is 14.7. The first kappa shape index (κ1) is 16.9. The van der Waals surface area contributed by atoms with E-state index in [1.807, 2.05) is 84.9 Å². The lowest BCUT2D eigenvalue weighted by Gasteiger charge is -2.16. The fraction of sp³-hybridized carbons (Fsp3) is 0.0417. The van der Waals surface area contributed by atoms with Gasteiger partial charge in [0.1, 0.15) is 18.1 Å². The lowest BCUT2D eigenvalue weighted by atomic mass is 9.96. The van der Waals surface area contributed by atoms with Crippen molar-refractivity contribution in [2.75, 3.05) is 0 Å². The minimum atomic E-state index is 0.441. The van der Waals surface area contributed by atoms with Gasteiger partial charge in [0.2, 0.25) is 0 Å². The summed E-state index contributed by atoms with van der Waals surface area (Å²) in [5.41, 5.74) is 2.94. The summed E-state index contributed by atoms with van der Waals surface area (Å²) < 4.78 is 11.4. The van der Waals surface area contributed by atoms with Crippen molar-refractivity contribution in [3.63, 3.8) is 0 Å². The number of carbonyl (C=O) groups excluding carboxylic acids is 1. The van der Waals surface area contributed by atoms with E-state index < -0.39 is 0 Å². The molecule has 3 nitrogen and oxygen atoms in total. The Bertz CT molecular complexity index is 1060. The van der Waals surface area contributed by atoms with Crippen molar-refractivity contribution in [3.05, 3.63) is 96.6 Å². The van der Waals surface area contributed by atoms with Gasteiger partial charge >= 0.3 is 0 Å². The molecule has 0 atom stereocenters. The van der Waals surface area contributed by atoms with Crippen LogP contribution in [-0.2, 0) is 11.4 Å². The van der Waals surface area contributed by atoms with E-state index in [4.69, 9.17) is 9.47 Å². The van der Waals surface area contributed by atoms with E-state index in [1.54, 1.807) is 6.07 Å². The largest absolute Gasteiger partial charge is 0.488 e. The van der Waals surface area contributed by atoms with E-state index in [0.29, 0.717) is 24.6 Å². The zero-order valence-corrected chi connectivity index (χ0v) is 14.7. The topological polar surface area (TPSA) is 35.5 Å². The molecule has 3 heteroatoms. The van der Waals surface area contributed by atoms with E-state index in [-0.39, 0.29) is 0 Å². The molecule has 0 saturated heterocycles. The number of hydrogen-bond donors (Lipinski definition) is 0. The van der Waals surface area contributed by atoms with Gasteiger partial charge in [-0.2, -0.15) is 0 Å². The first-order chi connectivity index (χ1) is 13.4.